The van der Waals surface area contributed by atoms with Crippen molar-refractivity contribution in [1.29, 1.82) is 0 Å². The van der Waals surface area contributed by atoms with E-state index in [4.69, 9.17) is 0 Å². The normalized spacial score (nSPS) is 21.3. The van der Waals surface area contributed by atoms with Gasteiger partial charge in [-0.1, -0.05) is 30.3 Å². The first-order chi connectivity index (χ1) is 10.9. The number of alkyl halides is 3. The molecule has 1 aliphatic rings. The first kappa shape index (κ1) is 15.5. The highest BCUT2D eigenvalue weighted by atomic mass is 19.4. The highest BCUT2D eigenvalue weighted by Crippen LogP contribution is 2.38. The molecule has 1 heterocycles. The number of halogens is 4. The molecule has 0 saturated carbocycles. The average Bonchev–Trinajstić information content (AvgIpc) is 2.89. The van der Waals surface area contributed by atoms with Gasteiger partial charge in [0.2, 0.25) is 5.91 Å². The van der Waals surface area contributed by atoms with Crippen LogP contribution >= 0.6 is 0 Å². The largest absolute Gasteiger partial charge is 0.416 e. The van der Waals surface area contributed by atoms with Crippen molar-refractivity contribution in [2.45, 2.75) is 18.0 Å². The molecule has 1 N–H and O–H groups in total. The van der Waals surface area contributed by atoms with E-state index in [-0.39, 0.29) is 18.0 Å². The molecule has 0 aliphatic carbocycles. The zero-order valence-electron chi connectivity index (χ0n) is 11.9. The van der Waals surface area contributed by atoms with Crippen molar-refractivity contribution >= 4 is 5.91 Å². The molecule has 0 radical (unpaired) electrons. The highest BCUT2D eigenvalue weighted by Gasteiger charge is 2.38. The molecule has 0 bridgehead atoms. The van der Waals surface area contributed by atoms with Gasteiger partial charge in [-0.2, -0.15) is 13.2 Å². The Balaban J connectivity index is 1.95. The number of carbonyl (C=O) groups excluding carboxylic acids is 1. The second-order valence-electron chi connectivity index (χ2n) is 5.47. The van der Waals surface area contributed by atoms with Crippen molar-refractivity contribution in [1.82, 2.24) is 5.32 Å². The average molecular weight is 323 g/mol. The summed E-state index contributed by atoms with van der Waals surface area (Å²) in [4.78, 5) is 12.1. The standard InChI is InChI=1S/C17H13F4NO/c18-14-4-2-1-3-12(14)15-13(9-22-16(15)23)10-5-7-11(8-6-10)17(19,20)21/h1-8,13,15H,9H2,(H,22,23). The molecule has 1 fully saturated rings. The van der Waals surface area contributed by atoms with Crippen LogP contribution in [0, 0.1) is 5.82 Å². The number of hydrogen-bond acceptors (Lipinski definition) is 1. The Labute approximate surface area is 130 Å². The third kappa shape index (κ3) is 2.93. The van der Waals surface area contributed by atoms with Crippen LogP contribution in [0.2, 0.25) is 0 Å². The van der Waals surface area contributed by atoms with Gasteiger partial charge in [-0.25, -0.2) is 4.39 Å². The Hall–Kier alpha value is -2.37. The number of carbonyl (C=O) groups is 1. The van der Waals surface area contributed by atoms with Crippen LogP contribution in [0.4, 0.5) is 17.6 Å². The summed E-state index contributed by atoms with van der Waals surface area (Å²) >= 11 is 0. The Morgan fingerprint density at radius 3 is 2.26 bits per heavy atom. The Morgan fingerprint density at radius 2 is 1.65 bits per heavy atom. The number of benzene rings is 2. The molecule has 6 heteroatoms. The molecule has 2 unspecified atom stereocenters. The lowest BCUT2D eigenvalue weighted by Crippen LogP contribution is -2.19. The zero-order chi connectivity index (χ0) is 16.6. The lowest BCUT2D eigenvalue weighted by Gasteiger charge is -2.18. The smallest absolute Gasteiger partial charge is 0.355 e. The lowest BCUT2D eigenvalue weighted by atomic mass is 9.83. The first-order valence-corrected chi connectivity index (χ1v) is 7.07. The summed E-state index contributed by atoms with van der Waals surface area (Å²) in [5, 5.41) is 2.66. The zero-order valence-corrected chi connectivity index (χ0v) is 11.9. The van der Waals surface area contributed by atoms with Crippen molar-refractivity contribution in [2.75, 3.05) is 6.54 Å². The molecule has 3 rings (SSSR count). The van der Waals surface area contributed by atoms with E-state index in [0.29, 0.717) is 5.56 Å². The predicted octanol–water partition coefficient (Wildman–Crippen LogP) is 3.84. The van der Waals surface area contributed by atoms with Crippen molar-refractivity contribution in [2.24, 2.45) is 0 Å². The van der Waals surface area contributed by atoms with Crippen LogP contribution in [0.5, 0.6) is 0 Å². The minimum Gasteiger partial charge on any atom is -0.355 e. The lowest BCUT2D eigenvalue weighted by molar-refractivity contribution is -0.137. The van der Waals surface area contributed by atoms with Crippen molar-refractivity contribution in [3.05, 3.63) is 71.0 Å². The molecule has 1 aliphatic heterocycles. The van der Waals surface area contributed by atoms with Gasteiger partial charge in [0.05, 0.1) is 11.5 Å². The summed E-state index contributed by atoms with van der Waals surface area (Å²) in [7, 11) is 0. The molecular weight excluding hydrogens is 310 g/mol. The molecule has 2 aromatic carbocycles. The summed E-state index contributed by atoms with van der Waals surface area (Å²) in [6.45, 7) is 0.267. The van der Waals surface area contributed by atoms with Gasteiger partial charge in [0.1, 0.15) is 5.82 Å². The van der Waals surface area contributed by atoms with Crippen LogP contribution < -0.4 is 5.32 Å². The molecule has 120 valence electrons. The second-order valence-corrected chi connectivity index (χ2v) is 5.47. The van der Waals surface area contributed by atoms with E-state index in [1.54, 1.807) is 6.07 Å². The minimum absolute atomic E-state index is 0.257. The summed E-state index contributed by atoms with van der Waals surface area (Å²) < 4.78 is 51.9. The fourth-order valence-corrected chi connectivity index (χ4v) is 2.94. The van der Waals surface area contributed by atoms with Crippen LogP contribution in [-0.2, 0) is 11.0 Å². The highest BCUT2D eigenvalue weighted by molar-refractivity contribution is 5.87. The molecule has 0 spiro atoms. The van der Waals surface area contributed by atoms with Gasteiger partial charge < -0.3 is 5.32 Å². The van der Waals surface area contributed by atoms with E-state index in [2.05, 4.69) is 5.32 Å². The molecule has 1 saturated heterocycles. The van der Waals surface area contributed by atoms with E-state index in [0.717, 1.165) is 12.1 Å². The van der Waals surface area contributed by atoms with Gasteiger partial charge in [-0.15, -0.1) is 0 Å². The number of hydrogen-bond donors (Lipinski definition) is 1. The molecule has 23 heavy (non-hydrogen) atoms. The Kier molecular flexibility index (Phi) is 3.83. The van der Waals surface area contributed by atoms with Crippen molar-refractivity contribution in [3.63, 3.8) is 0 Å². The summed E-state index contributed by atoms with van der Waals surface area (Å²) in [5.74, 6) is -1.96. The molecule has 2 aromatic rings. The maximum atomic E-state index is 14.0. The summed E-state index contributed by atoms with van der Waals surface area (Å²) in [5.41, 5.74) is 0.0815. The fourth-order valence-electron chi connectivity index (χ4n) is 2.94. The molecule has 2 atom stereocenters. The predicted molar refractivity (Wildman–Crippen MR) is 76.3 cm³/mol. The van der Waals surface area contributed by atoms with Crippen molar-refractivity contribution in [3.8, 4) is 0 Å². The second kappa shape index (κ2) is 5.68. The van der Waals surface area contributed by atoms with E-state index >= 15 is 0 Å². The van der Waals surface area contributed by atoms with Crippen LogP contribution in [0.3, 0.4) is 0 Å². The quantitative estimate of drug-likeness (QED) is 0.836. The van der Waals surface area contributed by atoms with Gasteiger partial charge in [0.15, 0.2) is 0 Å². The van der Waals surface area contributed by atoms with Gasteiger partial charge in [-0.3, -0.25) is 4.79 Å². The van der Waals surface area contributed by atoms with Gasteiger partial charge in [0.25, 0.3) is 0 Å². The van der Waals surface area contributed by atoms with Gasteiger partial charge >= 0.3 is 6.18 Å². The van der Waals surface area contributed by atoms with Crippen LogP contribution in [0.1, 0.15) is 28.5 Å². The third-order valence-corrected chi connectivity index (χ3v) is 4.09. The molecule has 1 amide bonds. The van der Waals surface area contributed by atoms with E-state index in [1.165, 1.54) is 30.3 Å². The Bertz CT molecular complexity index is 724. The van der Waals surface area contributed by atoms with E-state index in [1.807, 2.05) is 0 Å². The van der Waals surface area contributed by atoms with E-state index in [9.17, 15) is 22.4 Å². The van der Waals surface area contributed by atoms with Gasteiger partial charge in [-0.05, 0) is 23.8 Å². The van der Waals surface area contributed by atoms with Crippen LogP contribution in [0.15, 0.2) is 48.5 Å². The monoisotopic (exact) mass is 323 g/mol. The fraction of sp³-hybridized carbons (Fsp3) is 0.235. The maximum Gasteiger partial charge on any atom is 0.416 e. The summed E-state index contributed by atoms with van der Waals surface area (Å²) in [6.07, 6.45) is -4.41. The summed E-state index contributed by atoms with van der Waals surface area (Å²) in [6, 6.07) is 10.6. The number of amides is 1. The van der Waals surface area contributed by atoms with E-state index < -0.39 is 29.4 Å². The third-order valence-electron chi connectivity index (χ3n) is 4.09. The SMILES string of the molecule is O=C1NCC(c2ccc(C(F)(F)F)cc2)C1c1ccccc1F. The van der Waals surface area contributed by atoms with Crippen molar-refractivity contribution < 1.29 is 22.4 Å². The topological polar surface area (TPSA) is 29.1 Å². The molecule has 0 aromatic heterocycles. The van der Waals surface area contributed by atoms with Crippen LogP contribution in [0.25, 0.3) is 0 Å². The van der Waals surface area contributed by atoms with Crippen LogP contribution in [-0.4, -0.2) is 12.5 Å². The van der Waals surface area contributed by atoms with Gasteiger partial charge in [0, 0.05) is 18.0 Å². The number of nitrogens with one attached hydrogen (secondary N) is 1. The first-order valence-electron chi connectivity index (χ1n) is 7.07. The molecular formula is C17H13F4NO. The molecule has 2 nitrogen and oxygen atoms in total. The minimum atomic E-state index is -4.41. The Morgan fingerprint density at radius 1 is 1.00 bits per heavy atom. The number of rotatable bonds is 2. The maximum absolute atomic E-state index is 14.0.